The second kappa shape index (κ2) is 9.32. The van der Waals surface area contributed by atoms with Gasteiger partial charge in [-0.25, -0.2) is 14.2 Å². The van der Waals surface area contributed by atoms with Crippen molar-refractivity contribution in [2.24, 2.45) is 0 Å². The Hall–Kier alpha value is -3.42. The van der Waals surface area contributed by atoms with Crippen molar-refractivity contribution in [3.8, 4) is 11.1 Å². The van der Waals surface area contributed by atoms with Gasteiger partial charge in [0.05, 0.1) is 17.3 Å². The largest absolute Gasteiger partial charge is 0.444 e. The fourth-order valence-electron chi connectivity index (χ4n) is 4.49. The van der Waals surface area contributed by atoms with E-state index in [9.17, 15) is 14.0 Å². The van der Waals surface area contributed by atoms with E-state index >= 15 is 0 Å². The molecule has 1 fully saturated rings. The van der Waals surface area contributed by atoms with Gasteiger partial charge in [-0.05, 0) is 77.3 Å². The van der Waals surface area contributed by atoms with Crippen LogP contribution in [0.15, 0.2) is 36.7 Å². The third-order valence-corrected chi connectivity index (χ3v) is 6.09. The number of imidazole rings is 1. The van der Waals surface area contributed by atoms with Crippen molar-refractivity contribution < 1.29 is 18.7 Å². The fraction of sp³-hybridized carbons (Fsp3) is 0.444. The first kappa shape index (κ1) is 24.7. The Morgan fingerprint density at radius 2 is 1.94 bits per heavy atom. The minimum atomic E-state index is -0.551. The van der Waals surface area contributed by atoms with Crippen LogP contribution in [0.5, 0.6) is 0 Å². The van der Waals surface area contributed by atoms with Gasteiger partial charge >= 0.3 is 6.09 Å². The van der Waals surface area contributed by atoms with Crippen LogP contribution < -0.4 is 5.32 Å². The summed E-state index contributed by atoms with van der Waals surface area (Å²) >= 11 is 0. The summed E-state index contributed by atoms with van der Waals surface area (Å²) in [6.07, 6.45) is 4.29. The van der Waals surface area contributed by atoms with E-state index in [1.165, 1.54) is 12.1 Å². The molecule has 4 rings (SSSR count). The predicted molar refractivity (Wildman–Crippen MR) is 133 cm³/mol. The standard InChI is InChI=1S/C27H33FN4O3/c1-16(2)30-25(33)23-12-20(28)7-8-21(23)22-11-19(15-32-17(3)29-13-24(22)32)18-9-10-31(14-18)26(34)35-27(4,5)6/h7-8,11-13,15-16,18H,9-10,14H2,1-6H3,(H,30,33)/t18-/m1/s1. The summed E-state index contributed by atoms with van der Waals surface area (Å²) < 4.78 is 21.7. The van der Waals surface area contributed by atoms with Gasteiger partial charge in [-0.15, -0.1) is 0 Å². The van der Waals surface area contributed by atoms with E-state index in [0.717, 1.165) is 28.9 Å². The summed E-state index contributed by atoms with van der Waals surface area (Å²) in [7, 11) is 0. The van der Waals surface area contributed by atoms with Gasteiger partial charge < -0.3 is 19.4 Å². The maximum absolute atomic E-state index is 14.2. The van der Waals surface area contributed by atoms with Crippen molar-refractivity contribution in [1.82, 2.24) is 19.6 Å². The number of carbonyl (C=O) groups excluding carboxylic acids is 2. The Labute approximate surface area is 205 Å². The molecule has 1 N–H and O–H groups in total. The molecule has 7 nitrogen and oxygen atoms in total. The van der Waals surface area contributed by atoms with Gasteiger partial charge in [0.1, 0.15) is 17.2 Å². The minimum Gasteiger partial charge on any atom is -0.444 e. The summed E-state index contributed by atoms with van der Waals surface area (Å²) in [5.74, 6) is 0.107. The Kier molecular flexibility index (Phi) is 6.58. The molecule has 0 aliphatic carbocycles. The van der Waals surface area contributed by atoms with Crippen LogP contribution in [0.25, 0.3) is 16.6 Å². The highest BCUT2D eigenvalue weighted by atomic mass is 19.1. The highest BCUT2D eigenvalue weighted by molar-refractivity contribution is 6.03. The zero-order valence-electron chi connectivity index (χ0n) is 21.2. The molecule has 8 heteroatoms. The predicted octanol–water partition coefficient (Wildman–Crippen LogP) is 5.31. The number of carbonyl (C=O) groups is 2. The van der Waals surface area contributed by atoms with Crippen LogP contribution in [-0.4, -0.2) is 51.0 Å². The molecule has 2 aromatic heterocycles. The molecule has 1 aromatic carbocycles. The fourth-order valence-corrected chi connectivity index (χ4v) is 4.49. The van der Waals surface area contributed by atoms with Crippen LogP contribution in [0, 0.1) is 12.7 Å². The number of fused-ring (bicyclic) bond motifs is 1. The lowest BCUT2D eigenvalue weighted by molar-refractivity contribution is 0.0292. The molecule has 1 atom stereocenters. The van der Waals surface area contributed by atoms with Crippen LogP contribution in [-0.2, 0) is 4.74 Å². The second-order valence-electron chi connectivity index (χ2n) is 10.5. The minimum absolute atomic E-state index is 0.0838. The summed E-state index contributed by atoms with van der Waals surface area (Å²) in [6.45, 7) is 12.4. The van der Waals surface area contributed by atoms with Crippen LogP contribution in [0.3, 0.4) is 0 Å². The maximum Gasteiger partial charge on any atom is 0.410 e. The number of rotatable bonds is 4. The van der Waals surface area contributed by atoms with E-state index in [4.69, 9.17) is 4.74 Å². The number of aromatic nitrogens is 2. The van der Waals surface area contributed by atoms with Gasteiger partial charge in [0, 0.05) is 36.8 Å². The lowest BCUT2D eigenvalue weighted by Gasteiger charge is -2.24. The molecule has 3 heterocycles. The summed E-state index contributed by atoms with van der Waals surface area (Å²) in [6, 6.07) is 6.25. The number of likely N-dealkylation sites (tertiary alicyclic amines) is 1. The maximum atomic E-state index is 14.2. The number of hydrogen-bond donors (Lipinski definition) is 1. The lowest BCUT2D eigenvalue weighted by Crippen LogP contribution is -2.35. The summed E-state index contributed by atoms with van der Waals surface area (Å²) in [4.78, 5) is 31.8. The molecular formula is C27H33FN4O3. The van der Waals surface area contributed by atoms with E-state index in [0.29, 0.717) is 18.7 Å². The summed E-state index contributed by atoms with van der Waals surface area (Å²) in [5, 5.41) is 2.87. The Balaban J connectivity index is 1.76. The molecule has 0 bridgehead atoms. The molecule has 0 unspecified atom stereocenters. The number of pyridine rings is 1. The Bertz CT molecular complexity index is 1280. The van der Waals surface area contributed by atoms with E-state index in [1.54, 1.807) is 17.2 Å². The van der Waals surface area contributed by atoms with Crippen LogP contribution in [0.2, 0.25) is 0 Å². The molecule has 186 valence electrons. The Morgan fingerprint density at radius 1 is 1.20 bits per heavy atom. The number of ether oxygens (including phenoxy) is 1. The number of hydrogen-bond acceptors (Lipinski definition) is 4. The van der Waals surface area contributed by atoms with Crippen LogP contribution in [0.1, 0.15) is 68.7 Å². The molecule has 0 saturated carbocycles. The quantitative estimate of drug-likeness (QED) is 0.549. The zero-order chi connectivity index (χ0) is 25.5. The van der Waals surface area contributed by atoms with Crippen LogP contribution >= 0.6 is 0 Å². The van der Waals surface area contributed by atoms with E-state index in [-0.39, 0.29) is 29.5 Å². The highest BCUT2D eigenvalue weighted by Crippen LogP contribution is 2.35. The van der Waals surface area contributed by atoms with Gasteiger partial charge in [-0.3, -0.25) is 4.79 Å². The Morgan fingerprint density at radius 3 is 2.63 bits per heavy atom. The van der Waals surface area contributed by atoms with Crippen LogP contribution in [0.4, 0.5) is 9.18 Å². The normalized spacial score (nSPS) is 16.2. The van der Waals surface area contributed by atoms with Crippen molar-refractivity contribution in [2.75, 3.05) is 13.1 Å². The average molecular weight is 481 g/mol. The highest BCUT2D eigenvalue weighted by Gasteiger charge is 2.31. The van der Waals surface area contributed by atoms with Gasteiger partial charge in [-0.1, -0.05) is 6.07 Å². The van der Waals surface area contributed by atoms with Crippen molar-refractivity contribution in [1.29, 1.82) is 0 Å². The molecular weight excluding hydrogens is 447 g/mol. The summed E-state index contributed by atoms with van der Waals surface area (Å²) in [5.41, 5.74) is 3.02. The van der Waals surface area contributed by atoms with Gasteiger partial charge in [0.25, 0.3) is 5.91 Å². The number of aryl methyl sites for hydroxylation is 1. The number of halogens is 1. The van der Waals surface area contributed by atoms with Gasteiger partial charge in [0.2, 0.25) is 0 Å². The van der Waals surface area contributed by atoms with E-state index in [1.807, 2.05) is 58.2 Å². The molecule has 35 heavy (non-hydrogen) atoms. The molecule has 1 saturated heterocycles. The van der Waals surface area contributed by atoms with Crippen molar-refractivity contribution >= 4 is 17.5 Å². The van der Waals surface area contributed by atoms with Crippen molar-refractivity contribution in [3.05, 3.63) is 59.4 Å². The molecule has 0 spiro atoms. The number of nitrogens with zero attached hydrogens (tertiary/aromatic N) is 3. The second-order valence-corrected chi connectivity index (χ2v) is 10.5. The van der Waals surface area contributed by atoms with Crippen molar-refractivity contribution in [2.45, 2.75) is 65.5 Å². The number of amides is 2. The van der Waals surface area contributed by atoms with E-state index in [2.05, 4.69) is 10.3 Å². The third kappa shape index (κ3) is 5.31. The number of nitrogens with one attached hydrogen (secondary N) is 1. The first-order chi connectivity index (χ1) is 16.4. The lowest BCUT2D eigenvalue weighted by atomic mass is 9.93. The smallest absolute Gasteiger partial charge is 0.410 e. The van der Waals surface area contributed by atoms with Gasteiger partial charge in [0.15, 0.2) is 0 Å². The molecule has 0 radical (unpaired) electrons. The number of benzene rings is 1. The monoisotopic (exact) mass is 480 g/mol. The first-order valence-corrected chi connectivity index (χ1v) is 12.0. The molecule has 1 aliphatic rings. The van der Waals surface area contributed by atoms with Crippen molar-refractivity contribution in [3.63, 3.8) is 0 Å². The zero-order valence-corrected chi connectivity index (χ0v) is 21.2. The van der Waals surface area contributed by atoms with E-state index < -0.39 is 11.4 Å². The SMILES string of the molecule is Cc1ncc2c(-c3ccc(F)cc3C(=O)NC(C)C)cc([C@@H]3CCN(C(=O)OC(C)(C)C)C3)cn12. The van der Waals surface area contributed by atoms with Gasteiger partial charge in [-0.2, -0.15) is 0 Å². The first-order valence-electron chi connectivity index (χ1n) is 12.0. The molecule has 2 amide bonds. The third-order valence-electron chi connectivity index (χ3n) is 6.09. The molecule has 1 aliphatic heterocycles. The molecule has 3 aromatic rings. The topological polar surface area (TPSA) is 75.9 Å². The average Bonchev–Trinajstić information content (AvgIpc) is 3.39.